The van der Waals surface area contributed by atoms with Gasteiger partial charge in [-0.25, -0.2) is 12.8 Å². The molecule has 2 aliphatic rings. The molecule has 1 atom stereocenters. The van der Waals surface area contributed by atoms with Crippen LogP contribution in [0, 0.1) is 18.7 Å². The van der Waals surface area contributed by atoms with Crippen LogP contribution in [0.2, 0.25) is 0 Å². The Kier molecular flexibility index (Phi) is 7.16. The molecule has 0 saturated carbocycles. The molecule has 7 nitrogen and oxygen atoms in total. The van der Waals surface area contributed by atoms with Gasteiger partial charge >= 0.3 is 0 Å². The third-order valence-electron chi connectivity index (χ3n) is 6.43. The number of sulfonamides is 1. The summed E-state index contributed by atoms with van der Waals surface area (Å²) in [5.74, 6) is -0.804. The van der Waals surface area contributed by atoms with Gasteiger partial charge in [-0.3, -0.25) is 9.59 Å². The number of aryl methyl sites for hydroxylation is 1. The number of hydrogen-bond donors (Lipinski definition) is 1. The van der Waals surface area contributed by atoms with Crippen molar-refractivity contribution in [3.8, 4) is 0 Å². The molecular weight excluding hydrogens is 465 g/mol. The fraction of sp³-hybridized carbons (Fsp3) is 0.478. The third-order valence-corrected chi connectivity index (χ3v) is 9.71. The third kappa shape index (κ3) is 5.12. The molecule has 1 N–H and O–H groups in total. The number of halogens is 1. The predicted molar refractivity (Wildman–Crippen MR) is 124 cm³/mol. The second-order valence-electron chi connectivity index (χ2n) is 8.61. The minimum Gasteiger partial charge on any atom is -0.352 e. The van der Waals surface area contributed by atoms with Gasteiger partial charge in [0, 0.05) is 32.1 Å². The molecule has 4 rings (SSSR count). The molecule has 178 valence electrons. The first-order valence-electron chi connectivity index (χ1n) is 11.1. The number of rotatable bonds is 6. The smallest absolute Gasteiger partial charge is 0.253 e. The van der Waals surface area contributed by atoms with Crippen molar-refractivity contribution in [2.24, 2.45) is 5.92 Å². The van der Waals surface area contributed by atoms with E-state index in [1.807, 2.05) is 0 Å². The number of likely N-dealkylation sites (tertiary alicyclic amines) is 1. The van der Waals surface area contributed by atoms with Crippen molar-refractivity contribution in [1.29, 1.82) is 0 Å². The van der Waals surface area contributed by atoms with Gasteiger partial charge in [-0.1, -0.05) is 18.2 Å². The molecule has 1 aromatic heterocycles. The van der Waals surface area contributed by atoms with E-state index in [1.54, 1.807) is 41.5 Å². The van der Waals surface area contributed by atoms with E-state index in [4.69, 9.17) is 0 Å². The molecule has 0 aliphatic carbocycles. The lowest BCUT2D eigenvalue weighted by Gasteiger charge is -2.34. The monoisotopic (exact) mass is 493 g/mol. The highest BCUT2D eigenvalue weighted by Crippen LogP contribution is 2.30. The van der Waals surface area contributed by atoms with Gasteiger partial charge in [0.1, 0.15) is 16.1 Å². The van der Waals surface area contributed by atoms with Crippen molar-refractivity contribution in [3.63, 3.8) is 0 Å². The molecule has 2 amide bonds. The Bertz CT molecular complexity index is 1110. The number of amides is 2. The second kappa shape index (κ2) is 9.90. The first-order valence-corrected chi connectivity index (χ1v) is 13.5. The summed E-state index contributed by atoms with van der Waals surface area (Å²) in [6.45, 7) is 3.12. The van der Waals surface area contributed by atoms with Crippen molar-refractivity contribution < 1.29 is 22.4 Å². The second-order valence-corrected chi connectivity index (χ2v) is 11.7. The van der Waals surface area contributed by atoms with Crippen LogP contribution in [-0.4, -0.2) is 55.1 Å². The number of nitrogens with zero attached hydrogens (tertiary/aromatic N) is 2. The van der Waals surface area contributed by atoms with E-state index in [0.717, 1.165) is 11.3 Å². The maximum absolute atomic E-state index is 13.7. The molecule has 0 spiro atoms. The van der Waals surface area contributed by atoms with Crippen LogP contribution in [0.4, 0.5) is 4.39 Å². The summed E-state index contributed by atoms with van der Waals surface area (Å²) in [6, 6.07) is 7.47. The van der Waals surface area contributed by atoms with E-state index in [0.29, 0.717) is 56.4 Å². The van der Waals surface area contributed by atoms with Crippen molar-refractivity contribution in [1.82, 2.24) is 14.5 Å². The highest BCUT2D eigenvalue weighted by Gasteiger charge is 2.42. The SMILES string of the molecule is Cc1ccc(CNC(=O)C2CCN(C(=O)C3CCCN3S(=O)(=O)c3cccs3)CC2)cc1F. The Balaban J connectivity index is 1.31. The topological polar surface area (TPSA) is 86.8 Å². The van der Waals surface area contributed by atoms with E-state index in [-0.39, 0.29) is 34.3 Å². The van der Waals surface area contributed by atoms with Crippen LogP contribution in [-0.2, 0) is 26.2 Å². The largest absolute Gasteiger partial charge is 0.352 e. The summed E-state index contributed by atoms with van der Waals surface area (Å²) in [6.07, 6.45) is 2.20. The maximum atomic E-state index is 13.7. The molecule has 2 aliphatic heterocycles. The standard InChI is InChI=1S/C23H28FN3O4S2/c1-16-6-7-17(14-19(16)24)15-25-22(28)18-8-11-26(12-9-18)23(29)20-4-2-10-27(20)33(30,31)21-5-3-13-32-21/h3,5-7,13-14,18,20H,2,4,8-12,15H2,1H3,(H,25,28). The summed E-state index contributed by atoms with van der Waals surface area (Å²) in [5.41, 5.74) is 1.26. The average molecular weight is 494 g/mol. The minimum absolute atomic E-state index is 0.106. The zero-order valence-corrected chi connectivity index (χ0v) is 20.1. The molecule has 33 heavy (non-hydrogen) atoms. The molecular formula is C23H28FN3O4S2. The van der Waals surface area contributed by atoms with Crippen LogP contribution in [0.25, 0.3) is 0 Å². The Labute approximate surface area is 197 Å². The first-order chi connectivity index (χ1) is 15.8. The molecule has 1 unspecified atom stereocenters. The molecule has 0 radical (unpaired) electrons. The highest BCUT2D eigenvalue weighted by molar-refractivity contribution is 7.91. The minimum atomic E-state index is -3.68. The predicted octanol–water partition coefficient (Wildman–Crippen LogP) is 2.90. The lowest BCUT2D eigenvalue weighted by atomic mass is 9.95. The first kappa shape index (κ1) is 23.8. The van der Waals surface area contributed by atoms with Crippen molar-refractivity contribution >= 4 is 33.2 Å². The number of carbonyl (C=O) groups is 2. The highest BCUT2D eigenvalue weighted by atomic mass is 32.2. The van der Waals surface area contributed by atoms with Crippen LogP contribution in [0.3, 0.4) is 0 Å². The van der Waals surface area contributed by atoms with Gasteiger partial charge in [0.2, 0.25) is 11.8 Å². The molecule has 3 heterocycles. The Morgan fingerprint density at radius 2 is 1.91 bits per heavy atom. The van der Waals surface area contributed by atoms with E-state index in [2.05, 4.69) is 5.32 Å². The van der Waals surface area contributed by atoms with E-state index in [9.17, 15) is 22.4 Å². The zero-order chi connectivity index (χ0) is 23.6. The molecule has 2 aromatic rings. The van der Waals surface area contributed by atoms with Crippen LogP contribution < -0.4 is 5.32 Å². The van der Waals surface area contributed by atoms with Gasteiger partial charge < -0.3 is 10.2 Å². The summed E-state index contributed by atoms with van der Waals surface area (Å²) in [5, 5.41) is 4.57. The quantitative estimate of drug-likeness (QED) is 0.671. The molecule has 1 aromatic carbocycles. The van der Waals surface area contributed by atoms with Crippen LogP contribution in [0.1, 0.15) is 36.8 Å². The fourth-order valence-corrected chi connectivity index (χ4v) is 7.22. The number of nitrogens with one attached hydrogen (secondary N) is 1. The molecule has 2 fully saturated rings. The Hall–Kier alpha value is -2.30. The molecule has 0 bridgehead atoms. The van der Waals surface area contributed by atoms with Crippen LogP contribution in [0.5, 0.6) is 0 Å². The van der Waals surface area contributed by atoms with Crippen LogP contribution in [0.15, 0.2) is 39.9 Å². The van der Waals surface area contributed by atoms with Crippen molar-refractivity contribution in [2.75, 3.05) is 19.6 Å². The summed E-state index contributed by atoms with van der Waals surface area (Å²) in [4.78, 5) is 27.4. The number of thiophene rings is 1. The van der Waals surface area contributed by atoms with Gasteiger partial charge in [-0.15, -0.1) is 11.3 Å². The summed E-state index contributed by atoms with van der Waals surface area (Å²) >= 11 is 1.15. The summed E-state index contributed by atoms with van der Waals surface area (Å²) < 4.78 is 41.2. The van der Waals surface area contributed by atoms with E-state index in [1.165, 1.54) is 10.4 Å². The van der Waals surface area contributed by atoms with Gasteiger partial charge in [0.25, 0.3) is 10.0 Å². The lowest BCUT2D eigenvalue weighted by Crippen LogP contribution is -2.50. The maximum Gasteiger partial charge on any atom is 0.253 e. The Morgan fingerprint density at radius 1 is 1.15 bits per heavy atom. The van der Waals surface area contributed by atoms with Crippen molar-refractivity contribution in [2.45, 2.75) is 49.4 Å². The number of piperidine rings is 1. The van der Waals surface area contributed by atoms with Crippen molar-refractivity contribution in [3.05, 3.63) is 52.7 Å². The van der Waals surface area contributed by atoms with Gasteiger partial charge in [0.05, 0.1) is 0 Å². The normalized spacial score (nSPS) is 20.2. The van der Waals surface area contributed by atoms with E-state index < -0.39 is 16.1 Å². The number of hydrogen-bond acceptors (Lipinski definition) is 5. The number of carbonyl (C=O) groups excluding carboxylic acids is 2. The van der Waals surface area contributed by atoms with E-state index >= 15 is 0 Å². The Morgan fingerprint density at radius 3 is 2.58 bits per heavy atom. The fourth-order valence-electron chi connectivity index (χ4n) is 4.45. The number of benzene rings is 1. The van der Waals surface area contributed by atoms with Crippen LogP contribution >= 0.6 is 11.3 Å². The van der Waals surface area contributed by atoms with Gasteiger partial charge in [-0.2, -0.15) is 4.31 Å². The van der Waals surface area contributed by atoms with Gasteiger partial charge in [0.15, 0.2) is 0 Å². The average Bonchev–Trinajstić information content (AvgIpc) is 3.52. The van der Waals surface area contributed by atoms with Gasteiger partial charge in [-0.05, 0) is 61.2 Å². The zero-order valence-electron chi connectivity index (χ0n) is 18.5. The lowest BCUT2D eigenvalue weighted by molar-refractivity contribution is -0.138. The molecule has 10 heteroatoms. The molecule has 2 saturated heterocycles. The summed E-state index contributed by atoms with van der Waals surface area (Å²) in [7, 11) is -3.68.